The molecule has 242 valence electrons. The fourth-order valence-electron chi connectivity index (χ4n) is 4.87. The van der Waals surface area contributed by atoms with Crippen LogP contribution in [0.15, 0.2) is 109 Å². The standard InChI is InChI=1S/C36H40FN3O5S/c1-4-27(2)38-36(42)34(23-28-13-7-5-8-14-28)39(24-30-17-11-12-18-33(30)37)35(41)25-40(46(3,43)44)31-19-21-32(22-20-31)45-26-29-15-9-6-10-16-29/h5-22,27,34H,4,23-26H2,1-3H3,(H,38,42)/t27-,34-/m1/s1. The largest absolute Gasteiger partial charge is 0.489 e. The van der Waals surface area contributed by atoms with Gasteiger partial charge < -0.3 is 15.0 Å². The predicted molar refractivity (Wildman–Crippen MR) is 178 cm³/mol. The van der Waals surface area contributed by atoms with Crippen LogP contribution in [-0.2, 0) is 39.2 Å². The number of sulfonamides is 1. The molecule has 0 radical (unpaired) electrons. The number of anilines is 1. The van der Waals surface area contributed by atoms with Crippen molar-refractivity contribution >= 4 is 27.5 Å². The molecule has 0 heterocycles. The van der Waals surface area contributed by atoms with Crippen molar-refractivity contribution < 1.29 is 27.1 Å². The summed E-state index contributed by atoms with van der Waals surface area (Å²) in [6, 6.07) is 30.0. The van der Waals surface area contributed by atoms with Crippen molar-refractivity contribution in [3.63, 3.8) is 0 Å². The molecule has 0 aliphatic carbocycles. The lowest BCUT2D eigenvalue weighted by Crippen LogP contribution is -2.54. The normalized spacial score (nSPS) is 12.5. The van der Waals surface area contributed by atoms with Crippen molar-refractivity contribution in [3.8, 4) is 5.75 Å². The van der Waals surface area contributed by atoms with Gasteiger partial charge in [0.1, 0.15) is 30.8 Å². The Balaban J connectivity index is 1.65. The lowest BCUT2D eigenvalue weighted by Gasteiger charge is -2.34. The minimum absolute atomic E-state index is 0.148. The average molecular weight is 646 g/mol. The fourth-order valence-corrected chi connectivity index (χ4v) is 5.72. The SMILES string of the molecule is CC[C@@H](C)NC(=O)[C@@H](Cc1ccccc1)N(Cc1ccccc1F)C(=O)CN(c1ccc(OCc2ccccc2)cc1)S(C)(=O)=O. The second-order valence-electron chi connectivity index (χ2n) is 11.2. The summed E-state index contributed by atoms with van der Waals surface area (Å²) in [4.78, 5) is 29.2. The zero-order valence-electron chi connectivity index (χ0n) is 26.3. The van der Waals surface area contributed by atoms with Gasteiger partial charge in [0, 0.05) is 24.6 Å². The van der Waals surface area contributed by atoms with E-state index in [1.807, 2.05) is 74.5 Å². The van der Waals surface area contributed by atoms with Crippen molar-refractivity contribution in [1.82, 2.24) is 10.2 Å². The Morgan fingerprint density at radius 3 is 2.02 bits per heavy atom. The quantitative estimate of drug-likeness (QED) is 0.178. The molecule has 0 unspecified atom stereocenters. The molecule has 4 aromatic rings. The summed E-state index contributed by atoms with van der Waals surface area (Å²) in [7, 11) is -3.95. The summed E-state index contributed by atoms with van der Waals surface area (Å²) in [6.45, 7) is 3.29. The lowest BCUT2D eigenvalue weighted by atomic mass is 10.0. The van der Waals surface area contributed by atoms with E-state index in [2.05, 4.69) is 5.32 Å². The van der Waals surface area contributed by atoms with Crippen molar-refractivity contribution in [2.75, 3.05) is 17.1 Å². The molecular weight excluding hydrogens is 605 g/mol. The van der Waals surface area contributed by atoms with Crippen LogP contribution in [0.25, 0.3) is 0 Å². The Morgan fingerprint density at radius 2 is 1.43 bits per heavy atom. The topological polar surface area (TPSA) is 96.0 Å². The summed E-state index contributed by atoms with van der Waals surface area (Å²) >= 11 is 0. The third-order valence-electron chi connectivity index (χ3n) is 7.62. The molecule has 0 fully saturated rings. The van der Waals surface area contributed by atoms with Gasteiger partial charge in [-0.25, -0.2) is 12.8 Å². The second-order valence-corrected chi connectivity index (χ2v) is 13.1. The van der Waals surface area contributed by atoms with Gasteiger partial charge in [0.25, 0.3) is 0 Å². The van der Waals surface area contributed by atoms with Gasteiger partial charge >= 0.3 is 0 Å². The lowest BCUT2D eigenvalue weighted by molar-refractivity contribution is -0.140. The van der Waals surface area contributed by atoms with Gasteiger partial charge in [-0.15, -0.1) is 0 Å². The van der Waals surface area contributed by atoms with E-state index in [0.717, 1.165) is 21.7 Å². The first-order chi connectivity index (χ1) is 22.0. The Kier molecular flexibility index (Phi) is 11.9. The maximum Gasteiger partial charge on any atom is 0.244 e. The maximum atomic E-state index is 14.9. The van der Waals surface area contributed by atoms with Crippen molar-refractivity contribution in [3.05, 3.63) is 132 Å². The highest BCUT2D eigenvalue weighted by molar-refractivity contribution is 7.92. The Morgan fingerprint density at radius 1 is 0.848 bits per heavy atom. The van der Waals surface area contributed by atoms with Crippen LogP contribution in [0.4, 0.5) is 10.1 Å². The fraction of sp³-hybridized carbons (Fsp3) is 0.278. The highest BCUT2D eigenvalue weighted by Gasteiger charge is 2.33. The third kappa shape index (κ3) is 9.65. The van der Waals surface area contributed by atoms with E-state index in [9.17, 15) is 22.4 Å². The van der Waals surface area contributed by atoms with E-state index in [-0.39, 0.29) is 30.3 Å². The van der Waals surface area contributed by atoms with Gasteiger partial charge in [-0.3, -0.25) is 13.9 Å². The summed E-state index contributed by atoms with van der Waals surface area (Å²) in [5.74, 6) is -1.07. The van der Waals surface area contributed by atoms with Gasteiger partial charge in [0.15, 0.2) is 0 Å². The minimum atomic E-state index is -3.95. The molecule has 0 saturated carbocycles. The highest BCUT2D eigenvalue weighted by atomic mass is 32.2. The number of carbonyl (C=O) groups excluding carboxylic acids is 2. The Labute approximate surface area is 270 Å². The molecular formula is C36H40FN3O5S. The third-order valence-corrected chi connectivity index (χ3v) is 8.76. The van der Waals surface area contributed by atoms with Gasteiger partial charge in [-0.2, -0.15) is 0 Å². The van der Waals surface area contributed by atoms with E-state index >= 15 is 0 Å². The van der Waals surface area contributed by atoms with E-state index in [0.29, 0.717) is 18.8 Å². The second kappa shape index (κ2) is 16.0. The molecule has 0 bridgehead atoms. The maximum absolute atomic E-state index is 14.9. The van der Waals surface area contributed by atoms with Crippen LogP contribution in [0.2, 0.25) is 0 Å². The van der Waals surface area contributed by atoms with E-state index in [1.165, 1.54) is 11.0 Å². The number of halogens is 1. The average Bonchev–Trinajstić information content (AvgIpc) is 3.05. The molecule has 8 nitrogen and oxygen atoms in total. The van der Waals surface area contributed by atoms with Crippen LogP contribution >= 0.6 is 0 Å². The summed E-state index contributed by atoms with van der Waals surface area (Å²) in [6.07, 6.45) is 1.83. The molecule has 0 aliphatic heterocycles. The minimum Gasteiger partial charge on any atom is -0.489 e. The number of carbonyl (C=O) groups is 2. The van der Waals surface area contributed by atoms with E-state index in [1.54, 1.807) is 42.5 Å². The van der Waals surface area contributed by atoms with Crippen molar-refractivity contribution in [2.45, 2.75) is 51.9 Å². The highest BCUT2D eigenvalue weighted by Crippen LogP contribution is 2.24. The van der Waals surface area contributed by atoms with E-state index < -0.39 is 40.2 Å². The van der Waals surface area contributed by atoms with Crippen LogP contribution in [0.5, 0.6) is 5.75 Å². The molecule has 4 aromatic carbocycles. The number of benzene rings is 4. The number of hydrogen-bond donors (Lipinski definition) is 1. The molecule has 0 spiro atoms. The smallest absolute Gasteiger partial charge is 0.244 e. The summed E-state index contributed by atoms with van der Waals surface area (Å²) in [5.41, 5.74) is 2.23. The van der Waals surface area contributed by atoms with Crippen molar-refractivity contribution in [1.29, 1.82) is 0 Å². The molecule has 0 aromatic heterocycles. The molecule has 2 amide bonds. The number of ether oxygens (including phenoxy) is 1. The van der Waals surface area contributed by atoms with Gasteiger partial charge in [0.2, 0.25) is 21.8 Å². The van der Waals surface area contributed by atoms with Crippen LogP contribution in [0, 0.1) is 5.82 Å². The van der Waals surface area contributed by atoms with Crippen LogP contribution in [0.3, 0.4) is 0 Å². The molecule has 2 atom stereocenters. The van der Waals surface area contributed by atoms with Gasteiger partial charge in [-0.1, -0.05) is 85.8 Å². The number of hydrogen-bond acceptors (Lipinski definition) is 5. The van der Waals surface area contributed by atoms with E-state index in [4.69, 9.17) is 4.74 Å². The van der Waals surface area contributed by atoms with Crippen molar-refractivity contribution in [2.24, 2.45) is 0 Å². The summed E-state index contributed by atoms with van der Waals surface area (Å²) in [5, 5.41) is 2.96. The molecule has 0 saturated heterocycles. The van der Waals surface area contributed by atoms with Crippen LogP contribution in [0.1, 0.15) is 37.0 Å². The Bertz CT molecular complexity index is 1690. The number of nitrogens with zero attached hydrogens (tertiary/aromatic N) is 2. The number of nitrogens with one attached hydrogen (secondary N) is 1. The molecule has 46 heavy (non-hydrogen) atoms. The zero-order valence-corrected chi connectivity index (χ0v) is 27.1. The first-order valence-corrected chi connectivity index (χ1v) is 17.0. The Hall–Kier alpha value is -4.70. The number of rotatable bonds is 15. The van der Waals surface area contributed by atoms with Crippen LogP contribution in [-0.4, -0.2) is 50.0 Å². The van der Waals surface area contributed by atoms with Crippen LogP contribution < -0.4 is 14.4 Å². The first kappa shape index (κ1) is 34.2. The zero-order chi connectivity index (χ0) is 33.1. The molecule has 4 rings (SSSR count). The van der Waals surface area contributed by atoms with Gasteiger partial charge in [-0.05, 0) is 54.8 Å². The summed E-state index contributed by atoms with van der Waals surface area (Å²) < 4.78 is 47.9. The monoisotopic (exact) mass is 645 g/mol. The number of amides is 2. The van der Waals surface area contributed by atoms with Gasteiger partial charge in [0.05, 0.1) is 11.9 Å². The molecule has 10 heteroatoms. The predicted octanol–water partition coefficient (Wildman–Crippen LogP) is 5.73. The molecule has 0 aliphatic rings. The first-order valence-electron chi connectivity index (χ1n) is 15.2. The molecule has 1 N–H and O–H groups in total.